The second kappa shape index (κ2) is 5.29. The van der Waals surface area contributed by atoms with Gasteiger partial charge in [-0.1, -0.05) is 0 Å². The molecule has 82 valence electrons. The predicted molar refractivity (Wildman–Crippen MR) is 53.1 cm³/mol. The molecule has 0 bridgehead atoms. The van der Waals surface area contributed by atoms with Gasteiger partial charge in [0.1, 0.15) is 0 Å². The Bertz CT molecular complexity index is 190. The molecule has 5 nitrogen and oxygen atoms in total. The Kier molecular flexibility index (Phi) is 4.31. The zero-order valence-electron chi connectivity index (χ0n) is 8.61. The van der Waals surface area contributed by atoms with Crippen LogP contribution in [0.1, 0.15) is 19.3 Å². The van der Waals surface area contributed by atoms with E-state index in [0.717, 1.165) is 31.1 Å². The second-order valence-electron chi connectivity index (χ2n) is 3.82. The van der Waals surface area contributed by atoms with Crippen molar-refractivity contribution >= 4 is 5.91 Å². The number of ether oxygens (including phenoxy) is 1. The first-order chi connectivity index (χ1) is 6.61. The molecule has 0 aliphatic carbocycles. The third kappa shape index (κ3) is 3.25. The van der Waals surface area contributed by atoms with E-state index in [0.29, 0.717) is 12.3 Å². The van der Waals surface area contributed by atoms with E-state index in [4.69, 9.17) is 16.3 Å². The van der Waals surface area contributed by atoms with Crippen LogP contribution in [0.15, 0.2) is 0 Å². The molecule has 4 N–H and O–H groups in total. The van der Waals surface area contributed by atoms with Crippen LogP contribution < -0.4 is 11.6 Å². The summed E-state index contributed by atoms with van der Waals surface area (Å²) >= 11 is 0. The van der Waals surface area contributed by atoms with Crippen LogP contribution in [0.2, 0.25) is 0 Å². The molecule has 0 spiro atoms. The van der Waals surface area contributed by atoms with Crippen molar-refractivity contribution in [3.8, 4) is 0 Å². The van der Waals surface area contributed by atoms with Gasteiger partial charge in [-0.2, -0.15) is 0 Å². The molecule has 0 aromatic heterocycles. The van der Waals surface area contributed by atoms with Crippen LogP contribution in [0, 0.1) is 5.92 Å². The van der Waals surface area contributed by atoms with Crippen molar-refractivity contribution in [1.82, 2.24) is 5.01 Å². The molecule has 1 aliphatic rings. The quantitative estimate of drug-likeness (QED) is 0.365. The number of hydrogen-bond acceptors (Lipinski definition) is 4. The molecule has 14 heavy (non-hydrogen) atoms. The minimum Gasteiger partial charge on any atom is -0.381 e. The zero-order chi connectivity index (χ0) is 10.6. The van der Waals surface area contributed by atoms with Crippen LogP contribution >= 0.6 is 0 Å². The average molecular weight is 201 g/mol. The third-order valence-electron chi connectivity index (χ3n) is 2.68. The second-order valence-corrected chi connectivity index (χ2v) is 3.82. The Labute approximate surface area is 84.3 Å². The van der Waals surface area contributed by atoms with Gasteiger partial charge < -0.3 is 10.5 Å². The number of nitrogens with two attached hydrogens (primary N) is 2. The maximum Gasteiger partial charge on any atom is 0.237 e. The van der Waals surface area contributed by atoms with Gasteiger partial charge in [-0.15, -0.1) is 0 Å². The fraction of sp³-hybridized carbons (Fsp3) is 0.889. The number of amides is 1. The third-order valence-corrected chi connectivity index (χ3v) is 2.68. The van der Waals surface area contributed by atoms with Crippen LogP contribution in [-0.2, 0) is 9.53 Å². The summed E-state index contributed by atoms with van der Waals surface area (Å²) in [5.41, 5.74) is 5.93. The molecule has 1 heterocycles. The first kappa shape index (κ1) is 11.4. The van der Waals surface area contributed by atoms with Crippen molar-refractivity contribution in [3.63, 3.8) is 0 Å². The Morgan fingerprint density at radius 3 is 2.64 bits per heavy atom. The summed E-state index contributed by atoms with van der Waals surface area (Å²) in [6, 6.07) is -0.0857. The molecule has 0 radical (unpaired) electrons. The molecule has 1 saturated heterocycles. The highest BCUT2D eigenvalue weighted by Gasteiger charge is 2.23. The topological polar surface area (TPSA) is 81.6 Å². The maximum atomic E-state index is 11.3. The normalized spacial score (nSPS) is 20.5. The Hall–Kier alpha value is -0.650. The largest absolute Gasteiger partial charge is 0.381 e. The van der Waals surface area contributed by atoms with Gasteiger partial charge in [0.2, 0.25) is 5.91 Å². The van der Waals surface area contributed by atoms with E-state index in [1.807, 2.05) is 0 Å². The van der Waals surface area contributed by atoms with Crippen molar-refractivity contribution in [3.05, 3.63) is 0 Å². The van der Waals surface area contributed by atoms with Crippen molar-refractivity contribution in [2.75, 3.05) is 20.3 Å². The van der Waals surface area contributed by atoms with Crippen LogP contribution in [0.5, 0.6) is 0 Å². The van der Waals surface area contributed by atoms with Gasteiger partial charge in [0, 0.05) is 32.7 Å². The highest BCUT2D eigenvalue weighted by molar-refractivity contribution is 5.75. The lowest BCUT2D eigenvalue weighted by Gasteiger charge is -2.27. The molecular formula is C9H19N3O2. The molecule has 0 saturated carbocycles. The summed E-state index contributed by atoms with van der Waals surface area (Å²) in [6.45, 7) is 1.51. The summed E-state index contributed by atoms with van der Waals surface area (Å²) < 4.78 is 5.23. The zero-order valence-corrected chi connectivity index (χ0v) is 8.61. The van der Waals surface area contributed by atoms with Gasteiger partial charge >= 0.3 is 0 Å². The van der Waals surface area contributed by atoms with E-state index in [1.54, 1.807) is 7.05 Å². The average Bonchev–Trinajstić information content (AvgIpc) is 2.19. The minimum absolute atomic E-state index is 0.0857. The lowest BCUT2D eigenvalue weighted by Crippen LogP contribution is -2.41. The fourth-order valence-electron chi connectivity index (χ4n) is 1.66. The Morgan fingerprint density at radius 1 is 1.57 bits per heavy atom. The molecular weight excluding hydrogens is 182 g/mol. The van der Waals surface area contributed by atoms with Gasteiger partial charge in [-0.05, 0) is 18.8 Å². The van der Waals surface area contributed by atoms with E-state index in [-0.39, 0.29) is 11.9 Å². The van der Waals surface area contributed by atoms with Crippen LogP contribution in [0.4, 0.5) is 0 Å². The van der Waals surface area contributed by atoms with E-state index >= 15 is 0 Å². The Balaban J connectivity index is 2.32. The smallest absolute Gasteiger partial charge is 0.237 e. The maximum absolute atomic E-state index is 11.3. The summed E-state index contributed by atoms with van der Waals surface area (Å²) in [5.74, 6) is 5.61. The van der Waals surface area contributed by atoms with E-state index in [2.05, 4.69) is 0 Å². The molecule has 1 rings (SSSR count). The van der Waals surface area contributed by atoms with Crippen molar-refractivity contribution in [2.45, 2.75) is 25.3 Å². The molecule has 1 unspecified atom stereocenters. The van der Waals surface area contributed by atoms with Crippen LogP contribution in [0.3, 0.4) is 0 Å². The van der Waals surface area contributed by atoms with Crippen LogP contribution in [-0.4, -0.2) is 37.2 Å². The minimum atomic E-state index is -0.107. The molecule has 1 amide bonds. The summed E-state index contributed by atoms with van der Waals surface area (Å²) in [5, 5.41) is 1.10. The molecule has 1 atom stereocenters. The van der Waals surface area contributed by atoms with Gasteiger partial charge in [0.25, 0.3) is 0 Å². The highest BCUT2D eigenvalue weighted by atomic mass is 16.5. The first-order valence-electron chi connectivity index (χ1n) is 4.96. The standard InChI is InChI=1S/C9H19N3O2/c1-12(11)9(13)6-8(10)7-2-4-14-5-3-7/h7-8H,2-6,10-11H2,1H3. The SMILES string of the molecule is CN(N)C(=O)CC(N)C1CCOCC1. The van der Waals surface area contributed by atoms with Gasteiger partial charge in [0.15, 0.2) is 0 Å². The van der Waals surface area contributed by atoms with Crippen molar-refractivity contribution in [2.24, 2.45) is 17.5 Å². The van der Waals surface area contributed by atoms with Crippen molar-refractivity contribution < 1.29 is 9.53 Å². The monoisotopic (exact) mass is 201 g/mol. The van der Waals surface area contributed by atoms with E-state index in [1.165, 1.54) is 0 Å². The lowest BCUT2D eigenvalue weighted by molar-refractivity contribution is -0.131. The Morgan fingerprint density at radius 2 is 2.14 bits per heavy atom. The van der Waals surface area contributed by atoms with Crippen molar-refractivity contribution in [1.29, 1.82) is 0 Å². The van der Waals surface area contributed by atoms with Crippen LogP contribution in [0.25, 0.3) is 0 Å². The van der Waals surface area contributed by atoms with Gasteiger partial charge in [0.05, 0.1) is 0 Å². The highest BCUT2D eigenvalue weighted by Crippen LogP contribution is 2.19. The van der Waals surface area contributed by atoms with Gasteiger partial charge in [-0.25, -0.2) is 5.84 Å². The fourth-order valence-corrected chi connectivity index (χ4v) is 1.66. The number of carbonyl (C=O) groups excluding carboxylic acids is 1. The summed E-state index contributed by atoms with van der Waals surface area (Å²) in [7, 11) is 1.54. The lowest BCUT2D eigenvalue weighted by atomic mass is 9.90. The van der Waals surface area contributed by atoms with Gasteiger partial charge in [-0.3, -0.25) is 9.80 Å². The molecule has 5 heteroatoms. The van der Waals surface area contributed by atoms with E-state index in [9.17, 15) is 4.79 Å². The molecule has 0 aromatic carbocycles. The number of hydrazine groups is 1. The predicted octanol–water partition coefficient (Wildman–Crippen LogP) is -0.537. The molecule has 1 aliphatic heterocycles. The first-order valence-corrected chi connectivity index (χ1v) is 4.96. The summed E-state index contributed by atoms with van der Waals surface area (Å²) in [4.78, 5) is 11.3. The molecule has 1 fully saturated rings. The summed E-state index contributed by atoms with van der Waals surface area (Å²) in [6.07, 6.45) is 2.23. The molecule has 0 aromatic rings. The number of nitrogens with zero attached hydrogens (tertiary/aromatic N) is 1. The van der Waals surface area contributed by atoms with E-state index < -0.39 is 0 Å². The number of hydrogen-bond donors (Lipinski definition) is 2. The number of rotatable bonds is 3. The number of carbonyl (C=O) groups is 1.